The van der Waals surface area contributed by atoms with Gasteiger partial charge in [-0.05, 0) is 46.3 Å². The van der Waals surface area contributed by atoms with E-state index in [2.05, 4.69) is 21.2 Å². The monoisotopic (exact) mass is 359 g/mol. The van der Waals surface area contributed by atoms with Crippen LogP contribution in [0.15, 0.2) is 40.2 Å². The predicted molar refractivity (Wildman–Crippen MR) is 81.9 cm³/mol. The maximum absolute atomic E-state index is 11.9. The second kappa shape index (κ2) is 6.41. The number of benzene rings is 1. The average Bonchev–Trinajstić information content (AvgIpc) is 2.83. The molecule has 0 amide bonds. The Morgan fingerprint density at radius 3 is 2.63 bits per heavy atom. The Bertz CT molecular complexity index is 570. The molecule has 0 aliphatic heterocycles. The van der Waals surface area contributed by atoms with E-state index in [0.29, 0.717) is 5.02 Å². The number of esters is 1. The first-order valence-electron chi connectivity index (χ1n) is 5.44. The fourth-order valence-electron chi connectivity index (χ4n) is 1.56. The van der Waals surface area contributed by atoms with Gasteiger partial charge in [-0.15, -0.1) is 11.3 Å². The zero-order chi connectivity index (χ0) is 13.8. The second-order valence-electron chi connectivity index (χ2n) is 3.77. The number of hydrogen-bond acceptors (Lipinski definition) is 4. The van der Waals surface area contributed by atoms with Gasteiger partial charge in [0.25, 0.3) is 0 Å². The number of methoxy groups -OCH3 is 1. The zero-order valence-electron chi connectivity index (χ0n) is 10.0. The number of anilines is 1. The van der Waals surface area contributed by atoms with E-state index in [4.69, 9.17) is 16.3 Å². The molecule has 1 unspecified atom stereocenters. The van der Waals surface area contributed by atoms with Crippen molar-refractivity contribution in [2.45, 2.75) is 6.04 Å². The Morgan fingerprint density at radius 1 is 1.42 bits per heavy atom. The van der Waals surface area contributed by atoms with Gasteiger partial charge in [0.15, 0.2) is 6.04 Å². The molecular weight excluding hydrogens is 350 g/mol. The largest absolute Gasteiger partial charge is 0.467 e. The molecule has 1 atom stereocenters. The molecule has 1 aromatic carbocycles. The standard InChI is InChI=1S/C13H11BrClNO2S/c1-18-13(17)12(11-6-8(14)7-19-11)16-10-4-2-9(15)3-5-10/h2-7,12,16H,1H3. The normalized spacial score (nSPS) is 11.9. The van der Waals surface area contributed by atoms with Crippen LogP contribution in [0.2, 0.25) is 5.02 Å². The highest BCUT2D eigenvalue weighted by Crippen LogP contribution is 2.29. The lowest BCUT2D eigenvalue weighted by Gasteiger charge is -2.16. The van der Waals surface area contributed by atoms with Crippen LogP contribution < -0.4 is 5.32 Å². The summed E-state index contributed by atoms with van der Waals surface area (Å²) in [7, 11) is 1.38. The van der Waals surface area contributed by atoms with E-state index in [1.165, 1.54) is 18.4 Å². The molecule has 1 aromatic heterocycles. The Labute approximate surface area is 128 Å². The van der Waals surface area contributed by atoms with E-state index in [9.17, 15) is 4.79 Å². The number of nitrogens with one attached hydrogen (secondary N) is 1. The van der Waals surface area contributed by atoms with Crippen molar-refractivity contribution in [3.8, 4) is 0 Å². The third-order valence-corrected chi connectivity index (χ3v) is 4.47. The summed E-state index contributed by atoms with van der Waals surface area (Å²) in [4.78, 5) is 12.8. The lowest BCUT2D eigenvalue weighted by atomic mass is 10.2. The smallest absolute Gasteiger partial charge is 0.333 e. The van der Waals surface area contributed by atoms with Crippen molar-refractivity contribution in [1.82, 2.24) is 0 Å². The van der Waals surface area contributed by atoms with Gasteiger partial charge >= 0.3 is 5.97 Å². The predicted octanol–water partition coefficient (Wildman–Crippen LogP) is 4.49. The van der Waals surface area contributed by atoms with Crippen LogP contribution in [0, 0.1) is 0 Å². The minimum absolute atomic E-state index is 0.329. The maximum Gasteiger partial charge on any atom is 0.333 e. The minimum Gasteiger partial charge on any atom is -0.467 e. The SMILES string of the molecule is COC(=O)C(Nc1ccc(Cl)cc1)c1cc(Br)cs1. The number of carbonyl (C=O) groups is 1. The minimum atomic E-state index is -0.525. The van der Waals surface area contributed by atoms with E-state index in [-0.39, 0.29) is 5.97 Å². The molecule has 3 nitrogen and oxygen atoms in total. The Hall–Kier alpha value is -1.04. The first-order chi connectivity index (χ1) is 9.10. The number of ether oxygens (including phenoxy) is 1. The summed E-state index contributed by atoms with van der Waals surface area (Å²) in [5.74, 6) is -0.329. The lowest BCUT2D eigenvalue weighted by Crippen LogP contribution is -2.21. The summed E-state index contributed by atoms with van der Waals surface area (Å²) in [6.45, 7) is 0. The molecule has 100 valence electrons. The van der Waals surface area contributed by atoms with Crippen molar-refractivity contribution < 1.29 is 9.53 Å². The van der Waals surface area contributed by atoms with E-state index in [1.54, 1.807) is 12.1 Å². The Kier molecular flexibility index (Phi) is 4.85. The molecule has 0 bridgehead atoms. The molecule has 0 radical (unpaired) electrons. The number of hydrogen-bond donors (Lipinski definition) is 1. The molecule has 0 aliphatic carbocycles. The van der Waals surface area contributed by atoms with Crippen LogP contribution in [0.5, 0.6) is 0 Å². The summed E-state index contributed by atoms with van der Waals surface area (Å²) in [5.41, 5.74) is 0.810. The van der Waals surface area contributed by atoms with Crippen molar-refractivity contribution >= 4 is 50.5 Å². The van der Waals surface area contributed by atoms with Gasteiger partial charge in [-0.3, -0.25) is 0 Å². The highest BCUT2D eigenvalue weighted by Gasteiger charge is 2.22. The van der Waals surface area contributed by atoms with Crippen molar-refractivity contribution in [2.24, 2.45) is 0 Å². The van der Waals surface area contributed by atoms with Crippen LogP contribution in [0.4, 0.5) is 5.69 Å². The van der Waals surface area contributed by atoms with Crippen molar-refractivity contribution in [3.63, 3.8) is 0 Å². The summed E-state index contributed by atoms with van der Waals surface area (Å²) < 4.78 is 5.78. The van der Waals surface area contributed by atoms with E-state index in [0.717, 1.165) is 15.0 Å². The van der Waals surface area contributed by atoms with Gasteiger partial charge < -0.3 is 10.1 Å². The van der Waals surface area contributed by atoms with E-state index < -0.39 is 6.04 Å². The van der Waals surface area contributed by atoms with Crippen molar-refractivity contribution in [1.29, 1.82) is 0 Å². The van der Waals surface area contributed by atoms with E-state index in [1.807, 2.05) is 23.6 Å². The molecule has 6 heteroatoms. The van der Waals surface area contributed by atoms with Crippen molar-refractivity contribution in [3.05, 3.63) is 50.1 Å². The molecule has 0 saturated carbocycles. The highest BCUT2D eigenvalue weighted by molar-refractivity contribution is 9.10. The van der Waals surface area contributed by atoms with Gasteiger partial charge in [0.2, 0.25) is 0 Å². The fraction of sp³-hybridized carbons (Fsp3) is 0.154. The van der Waals surface area contributed by atoms with Gasteiger partial charge in [-0.2, -0.15) is 0 Å². The van der Waals surface area contributed by atoms with Crippen LogP contribution in [-0.4, -0.2) is 13.1 Å². The highest BCUT2D eigenvalue weighted by atomic mass is 79.9. The zero-order valence-corrected chi connectivity index (χ0v) is 13.2. The molecule has 1 heterocycles. The molecule has 0 saturated heterocycles. The summed E-state index contributed by atoms with van der Waals surface area (Å²) in [6, 6.07) is 8.55. The van der Waals surface area contributed by atoms with Gasteiger partial charge in [0.1, 0.15) is 0 Å². The van der Waals surface area contributed by atoms with Crippen LogP contribution in [0.3, 0.4) is 0 Å². The van der Waals surface area contributed by atoms with E-state index >= 15 is 0 Å². The van der Waals surface area contributed by atoms with Crippen molar-refractivity contribution in [2.75, 3.05) is 12.4 Å². The molecule has 0 spiro atoms. The number of carbonyl (C=O) groups excluding carboxylic acids is 1. The van der Waals surface area contributed by atoms with Gasteiger partial charge in [-0.25, -0.2) is 4.79 Å². The molecular formula is C13H11BrClNO2S. The number of halogens is 2. The van der Waals surface area contributed by atoms with Crippen LogP contribution >= 0.6 is 38.9 Å². The molecule has 0 fully saturated rings. The average molecular weight is 361 g/mol. The fourth-order valence-corrected chi connectivity index (χ4v) is 3.16. The molecule has 2 rings (SSSR count). The Balaban J connectivity index is 2.23. The summed E-state index contributed by atoms with van der Waals surface area (Å²) in [6.07, 6.45) is 0. The number of rotatable bonds is 4. The molecule has 2 aromatic rings. The van der Waals surface area contributed by atoms with Crippen LogP contribution in [0.25, 0.3) is 0 Å². The molecule has 1 N–H and O–H groups in total. The summed E-state index contributed by atoms with van der Waals surface area (Å²) in [5, 5.41) is 5.72. The first kappa shape index (κ1) is 14.4. The third-order valence-electron chi connectivity index (χ3n) is 2.46. The lowest BCUT2D eigenvalue weighted by molar-refractivity contribution is -0.141. The number of thiophene rings is 1. The van der Waals surface area contributed by atoms with Gasteiger partial charge in [0.05, 0.1) is 7.11 Å². The topological polar surface area (TPSA) is 38.3 Å². The molecule has 0 aliphatic rings. The van der Waals surface area contributed by atoms with Gasteiger partial charge in [0, 0.05) is 25.4 Å². The third kappa shape index (κ3) is 3.72. The maximum atomic E-state index is 11.9. The molecule has 19 heavy (non-hydrogen) atoms. The van der Waals surface area contributed by atoms with Crippen LogP contribution in [-0.2, 0) is 9.53 Å². The summed E-state index contributed by atoms with van der Waals surface area (Å²) >= 11 is 10.7. The van der Waals surface area contributed by atoms with Gasteiger partial charge in [-0.1, -0.05) is 11.6 Å². The van der Waals surface area contributed by atoms with Crippen LogP contribution in [0.1, 0.15) is 10.9 Å². The second-order valence-corrected chi connectivity index (χ2v) is 6.07. The Morgan fingerprint density at radius 2 is 2.11 bits per heavy atom. The first-order valence-corrected chi connectivity index (χ1v) is 7.49. The quantitative estimate of drug-likeness (QED) is 0.816.